The lowest BCUT2D eigenvalue weighted by Crippen LogP contribution is -2.47. The Bertz CT molecular complexity index is 596. The molecule has 1 fully saturated rings. The van der Waals surface area contributed by atoms with E-state index in [0.29, 0.717) is 5.69 Å². The van der Waals surface area contributed by atoms with E-state index in [1.807, 2.05) is 24.3 Å². The van der Waals surface area contributed by atoms with Gasteiger partial charge in [0.1, 0.15) is 5.75 Å². The molecule has 0 radical (unpaired) electrons. The third-order valence-corrected chi connectivity index (χ3v) is 3.72. The number of hydrogen-bond acceptors (Lipinski definition) is 6. The van der Waals surface area contributed by atoms with Crippen molar-refractivity contribution in [2.45, 2.75) is 0 Å². The monoisotopic (exact) mass is 285 g/mol. The summed E-state index contributed by atoms with van der Waals surface area (Å²) in [6.45, 7) is 3.52. The molecule has 0 atom stereocenters. The van der Waals surface area contributed by atoms with Gasteiger partial charge in [-0.25, -0.2) is 9.97 Å². The van der Waals surface area contributed by atoms with E-state index in [1.165, 1.54) is 0 Å². The maximum atomic E-state index is 6.17. The minimum atomic E-state index is 0.699. The summed E-state index contributed by atoms with van der Waals surface area (Å²) in [6.07, 6.45) is 3.55. The number of aromatic nitrogens is 2. The predicted octanol–water partition coefficient (Wildman–Crippen LogP) is 1.39. The van der Waals surface area contributed by atoms with Gasteiger partial charge in [-0.05, 0) is 18.2 Å². The number of para-hydroxylation sites is 1. The second-order valence-corrected chi connectivity index (χ2v) is 4.92. The molecule has 1 aliphatic heterocycles. The van der Waals surface area contributed by atoms with Gasteiger partial charge in [0.2, 0.25) is 5.95 Å². The van der Waals surface area contributed by atoms with Crippen molar-refractivity contribution in [3.8, 4) is 5.75 Å². The summed E-state index contributed by atoms with van der Waals surface area (Å²) < 4.78 is 5.28. The third kappa shape index (κ3) is 2.69. The number of anilines is 3. The van der Waals surface area contributed by atoms with Gasteiger partial charge in [0, 0.05) is 38.6 Å². The maximum Gasteiger partial charge on any atom is 0.225 e. The van der Waals surface area contributed by atoms with Crippen molar-refractivity contribution in [2.75, 3.05) is 48.8 Å². The Labute approximate surface area is 124 Å². The van der Waals surface area contributed by atoms with Crippen LogP contribution in [0.15, 0.2) is 36.7 Å². The highest BCUT2D eigenvalue weighted by Crippen LogP contribution is 2.32. The lowest BCUT2D eigenvalue weighted by Gasteiger charge is -2.36. The van der Waals surface area contributed by atoms with E-state index in [0.717, 1.165) is 43.6 Å². The van der Waals surface area contributed by atoms with Crippen molar-refractivity contribution in [2.24, 2.45) is 0 Å². The fourth-order valence-corrected chi connectivity index (χ4v) is 2.59. The molecule has 0 saturated carbocycles. The van der Waals surface area contributed by atoms with Crippen LogP contribution in [-0.2, 0) is 0 Å². The molecular weight excluding hydrogens is 266 g/mol. The third-order valence-electron chi connectivity index (χ3n) is 3.72. The first-order chi connectivity index (χ1) is 10.3. The quantitative estimate of drug-likeness (QED) is 0.860. The molecule has 6 heteroatoms. The topological polar surface area (TPSA) is 67.5 Å². The summed E-state index contributed by atoms with van der Waals surface area (Å²) in [6, 6.07) is 7.72. The number of nitrogens with two attached hydrogens (primary N) is 1. The van der Waals surface area contributed by atoms with E-state index >= 15 is 0 Å². The smallest absolute Gasteiger partial charge is 0.225 e. The van der Waals surface area contributed by atoms with Crippen LogP contribution in [0, 0.1) is 0 Å². The summed E-state index contributed by atoms with van der Waals surface area (Å²) >= 11 is 0. The van der Waals surface area contributed by atoms with Crippen LogP contribution >= 0.6 is 0 Å². The molecular formula is C15H19N5O. The van der Waals surface area contributed by atoms with E-state index < -0.39 is 0 Å². The minimum Gasteiger partial charge on any atom is -0.495 e. The number of nitrogens with zero attached hydrogens (tertiary/aromatic N) is 4. The van der Waals surface area contributed by atoms with Crippen LogP contribution in [0.5, 0.6) is 5.75 Å². The van der Waals surface area contributed by atoms with E-state index in [1.54, 1.807) is 19.5 Å². The van der Waals surface area contributed by atoms with Crippen LogP contribution in [0.4, 0.5) is 17.3 Å². The molecule has 110 valence electrons. The molecule has 1 aromatic carbocycles. The Morgan fingerprint density at radius 1 is 1.00 bits per heavy atom. The molecule has 0 aliphatic carbocycles. The highest BCUT2D eigenvalue weighted by molar-refractivity contribution is 5.74. The highest BCUT2D eigenvalue weighted by atomic mass is 16.5. The van der Waals surface area contributed by atoms with Gasteiger partial charge in [-0.3, -0.25) is 0 Å². The SMILES string of the molecule is COc1cccc(N2CCN(c3ncccn3)CC2)c1N. The maximum absolute atomic E-state index is 6.17. The number of piperazine rings is 1. The van der Waals surface area contributed by atoms with Gasteiger partial charge in [0.25, 0.3) is 0 Å². The number of rotatable bonds is 3. The molecule has 0 amide bonds. The second-order valence-electron chi connectivity index (χ2n) is 4.92. The molecule has 0 spiro atoms. The Kier molecular flexibility index (Phi) is 3.77. The van der Waals surface area contributed by atoms with Gasteiger partial charge in [-0.1, -0.05) is 6.07 Å². The van der Waals surface area contributed by atoms with Crippen LogP contribution in [-0.4, -0.2) is 43.3 Å². The van der Waals surface area contributed by atoms with Crippen LogP contribution in [0.2, 0.25) is 0 Å². The molecule has 2 N–H and O–H groups in total. The Balaban J connectivity index is 1.72. The first-order valence-corrected chi connectivity index (χ1v) is 6.99. The molecule has 3 rings (SSSR count). The average molecular weight is 285 g/mol. The Hall–Kier alpha value is -2.50. The van der Waals surface area contributed by atoms with Gasteiger partial charge in [0.15, 0.2) is 0 Å². The lowest BCUT2D eigenvalue weighted by molar-refractivity contribution is 0.417. The predicted molar refractivity (Wildman–Crippen MR) is 83.9 cm³/mol. The van der Waals surface area contributed by atoms with Gasteiger partial charge < -0.3 is 20.3 Å². The molecule has 0 bridgehead atoms. The molecule has 1 aliphatic rings. The fourth-order valence-electron chi connectivity index (χ4n) is 2.59. The Morgan fingerprint density at radius 2 is 1.67 bits per heavy atom. The molecule has 0 unspecified atom stereocenters. The molecule has 1 aromatic heterocycles. The first-order valence-electron chi connectivity index (χ1n) is 6.99. The van der Waals surface area contributed by atoms with Crippen molar-refractivity contribution in [3.63, 3.8) is 0 Å². The van der Waals surface area contributed by atoms with Crippen molar-refractivity contribution in [3.05, 3.63) is 36.7 Å². The van der Waals surface area contributed by atoms with Crippen LogP contribution in [0.3, 0.4) is 0 Å². The molecule has 6 nitrogen and oxygen atoms in total. The van der Waals surface area contributed by atoms with Gasteiger partial charge >= 0.3 is 0 Å². The largest absolute Gasteiger partial charge is 0.495 e. The number of ether oxygens (including phenoxy) is 1. The first kappa shape index (κ1) is 13.5. The van der Waals surface area contributed by atoms with Gasteiger partial charge in [-0.2, -0.15) is 0 Å². The zero-order chi connectivity index (χ0) is 14.7. The van der Waals surface area contributed by atoms with Crippen LogP contribution in [0.1, 0.15) is 0 Å². The number of nitrogen functional groups attached to an aromatic ring is 1. The standard InChI is InChI=1S/C15H19N5O/c1-21-13-5-2-4-12(14(13)16)19-8-10-20(11-9-19)15-17-6-3-7-18-15/h2-7H,8-11,16H2,1H3. The lowest BCUT2D eigenvalue weighted by atomic mass is 10.2. The van der Waals surface area contributed by atoms with Gasteiger partial charge in [-0.15, -0.1) is 0 Å². The Morgan fingerprint density at radius 3 is 2.33 bits per heavy atom. The second kappa shape index (κ2) is 5.87. The highest BCUT2D eigenvalue weighted by Gasteiger charge is 2.21. The summed E-state index contributed by atoms with van der Waals surface area (Å²) in [5, 5.41) is 0. The van der Waals surface area contributed by atoms with Gasteiger partial charge in [0.05, 0.1) is 18.5 Å². The zero-order valence-electron chi connectivity index (χ0n) is 12.1. The molecule has 21 heavy (non-hydrogen) atoms. The van der Waals surface area contributed by atoms with E-state index in [4.69, 9.17) is 10.5 Å². The summed E-state index contributed by atoms with van der Waals surface area (Å²) in [5.41, 5.74) is 7.89. The van der Waals surface area contributed by atoms with Crippen molar-refractivity contribution >= 4 is 17.3 Å². The van der Waals surface area contributed by atoms with Crippen molar-refractivity contribution in [1.82, 2.24) is 9.97 Å². The van der Waals surface area contributed by atoms with E-state index in [9.17, 15) is 0 Å². The summed E-state index contributed by atoms with van der Waals surface area (Å²) in [7, 11) is 1.64. The number of hydrogen-bond donors (Lipinski definition) is 1. The van der Waals surface area contributed by atoms with Crippen LogP contribution < -0.4 is 20.3 Å². The van der Waals surface area contributed by atoms with Crippen LogP contribution in [0.25, 0.3) is 0 Å². The fraction of sp³-hybridized carbons (Fsp3) is 0.333. The normalized spacial score (nSPS) is 15.1. The van der Waals surface area contributed by atoms with E-state index in [2.05, 4.69) is 19.8 Å². The molecule has 1 saturated heterocycles. The number of benzene rings is 1. The summed E-state index contributed by atoms with van der Waals surface area (Å²) in [4.78, 5) is 13.1. The average Bonchev–Trinajstić information content (AvgIpc) is 2.56. The zero-order valence-corrected chi connectivity index (χ0v) is 12.1. The molecule has 2 aromatic rings. The number of methoxy groups -OCH3 is 1. The minimum absolute atomic E-state index is 0.699. The van der Waals surface area contributed by atoms with Crippen molar-refractivity contribution < 1.29 is 4.74 Å². The molecule has 2 heterocycles. The van der Waals surface area contributed by atoms with E-state index in [-0.39, 0.29) is 0 Å². The van der Waals surface area contributed by atoms with Crippen molar-refractivity contribution in [1.29, 1.82) is 0 Å². The summed E-state index contributed by atoms with van der Waals surface area (Å²) in [5.74, 6) is 1.51.